The molecule has 31 heavy (non-hydrogen) atoms. The molecule has 1 atom stereocenters. The van der Waals surface area contributed by atoms with Crippen molar-refractivity contribution in [3.63, 3.8) is 0 Å². The van der Waals surface area contributed by atoms with E-state index in [2.05, 4.69) is 0 Å². The van der Waals surface area contributed by atoms with Crippen molar-refractivity contribution < 1.29 is 23.5 Å². The maximum atomic E-state index is 13.7. The lowest BCUT2D eigenvalue weighted by Crippen LogP contribution is -2.29. The maximum absolute atomic E-state index is 13.7. The highest BCUT2D eigenvalue weighted by atomic mass is 19.1. The predicted molar refractivity (Wildman–Crippen MR) is 112 cm³/mol. The van der Waals surface area contributed by atoms with Gasteiger partial charge in [-0.1, -0.05) is 42.5 Å². The van der Waals surface area contributed by atoms with Crippen LogP contribution in [0.4, 0.5) is 8.78 Å². The lowest BCUT2D eigenvalue weighted by atomic mass is 9.94. The molecular formula is C25H19F2NO3. The molecule has 1 amide bonds. The second-order valence-corrected chi connectivity index (χ2v) is 7.43. The Hall–Kier alpha value is -3.80. The smallest absolute Gasteiger partial charge is 0.295 e. The van der Waals surface area contributed by atoms with Crippen molar-refractivity contribution in [1.82, 2.24) is 4.90 Å². The van der Waals surface area contributed by atoms with Crippen LogP contribution in [0.5, 0.6) is 0 Å². The first-order chi connectivity index (χ1) is 14.9. The summed E-state index contributed by atoms with van der Waals surface area (Å²) < 4.78 is 27.0. The fourth-order valence-electron chi connectivity index (χ4n) is 3.76. The molecule has 4 nitrogen and oxygen atoms in total. The number of aliphatic hydroxyl groups excluding tert-OH is 1. The third-order valence-corrected chi connectivity index (χ3v) is 5.35. The van der Waals surface area contributed by atoms with Gasteiger partial charge in [-0.2, -0.15) is 0 Å². The fraction of sp³-hybridized carbons (Fsp3) is 0.120. The average molecular weight is 419 g/mol. The molecule has 156 valence electrons. The minimum absolute atomic E-state index is 0.0592. The van der Waals surface area contributed by atoms with Gasteiger partial charge in [-0.3, -0.25) is 9.59 Å². The number of carbonyl (C=O) groups is 2. The molecule has 4 rings (SSSR count). The monoisotopic (exact) mass is 419 g/mol. The van der Waals surface area contributed by atoms with Gasteiger partial charge in [0.05, 0.1) is 11.6 Å². The average Bonchev–Trinajstić information content (AvgIpc) is 3.02. The SMILES string of the molecule is Cc1cc(/C(O)=C2/C(=O)C(=O)N(Cc3ccc(F)cc3)C2c2ccccc2)ccc1F. The normalized spacial score (nSPS) is 17.9. The molecule has 0 saturated carbocycles. The number of ketones is 1. The molecule has 0 aliphatic carbocycles. The van der Waals surface area contributed by atoms with Crippen molar-refractivity contribution in [3.8, 4) is 0 Å². The van der Waals surface area contributed by atoms with E-state index in [1.54, 1.807) is 49.4 Å². The zero-order chi connectivity index (χ0) is 22.1. The van der Waals surface area contributed by atoms with Crippen LogP contribution in [-0.4, -0.2) is 21.7 Å². The van der Waals surface area contributed by atoms with E-state index in [0.29, 0.717) is 16.7 Å². The Morgan fingerprint density at radius 3 is 2.29 bits per heavy atom. The van der Waals surface area contributed by atoms with Crippen LogP contribution in [0.2, 0.25) is 0 Å². The molecule has 1 heterocycles. The summed E-state index contributed by atoms with van der Waals surface area (Å²) in [5.41, 5.74) is 1.77. The third-order valence-electron chi connectivity index (χ3n) is 5.35. The minimum atomic E-state index is -0.836. The van der Waals surface area contributed by atoms with Gasteiger partial charge in [-0.15, -0.1) is 0 Å². The predicted octanol–water partition coefficient (Wildman–Crippen LogP) is 4.90. The summed E-state index contributed by atoms with van der Waals surface area (Å²) in [5, 5.41) is 11.0. The summed E-state index contributed by atoms with van der Waals surface area (Å²) in [6, 6.07) is 17.7. The van der Waals surface area contributed by atoms with E-state index in [9.17, 15) is 23.5 Å². The van der Waals surface area contributed by atoms with Gasteiger partial charge in [-0.05, 0) is 53.9 Å². The van der Waals surface area contributed by atoms with Crippen molar-refractivity contribution >= 4 is 17.4 Å². The minimum Gasteiger partial charge on any atom is -0.507 e. The standard InChI is InChI=1S/C25H19F2NO3/c1-15-13-18(9-12-20(15)27)23(29)21-22(17-5-3-2-4-6-17)28(25(31)24(21)30)14-16-7-10-19(26)11-8-16/h2-13,22,29H,14H2,1H3/b23-21-. The van der Waals surface area contributed by atoms with Gasteiger partial charge in [0.1, 0.15) is 17.4 Å². The first-order valence-corrected chi connectivity index (χ1v) is 9.71. The molecule has 3 aromatic rings. The summed E-state index contributed by atoms with van der Waals surface area (Å²) >= 11 is 0. The molecule has 0 radical (unpaired) electrons. The van der Waals surface area contributed by atoms with Crippen LogP contribution < -0.4 is 0 Å². The molecule has 1 fully saturated rings. The van der Waals surface area contributed by atoms with Gasteiger partial charge >= 0.3 is 0 Å². The number of hydrogen-bond donors (Lipinski definition) is 1. The van der Waals surface area contributed by atoms with Gasteiger partial charge in [-0.25, -0.2) is 8.78 Å². The Morgan fingerprint density at radius 2 is 1.65 bits per heavy atom. The molecule has 3 aromatic carbocycles. The van der Waals surface area contributed by atoms with E-state index in [-0.39, 0.29) is 23.4 Å². The van der Waals surface area contributed by atoms with Crippen molar-refractivity contribution in [2.45, 2.75) is 19.5 Å². The van der Waals surface area contributed by atoms with E-state index < -0.39 is 29.4 Å². The van der Waals surface area contributed by atoms with Crippen LogP contribution in [0.3, 0.4) is 0 Å². The second kappa shape index (κ2) is 8.14. The number of hydrogen-bond acceptors (Lipinski definition) is 3. The number of aryl methyl sites for hydroxylation is 1. The van der Waals surface area contributed by atoms with E-state index in [1.807, 2.05) is 0 Å². The number of aliphatic hydroxyl groups is 1. The van der Waals surface area contributed by atoms with E-state index in [4.69, 9.17) is 0 Å². The number of halogens is 2. The van der Waals surface area contributed by atoms with Crippen molar-refractivity contribution in [2.75, 3.05) is 0 Å². The van der Waals surface area contributed by atoms with Crippen LogP contribution in [0.15, 0.2) is 78.4 Å². The molecule has 0 bridgehead atoms. The van der Waals surface area contributed by atoms with Crippen molar-refractivity contribution in [2.24, 2.45) is 0 Å². The Kier molecular flexibility index (Phi) is 5.38. The molecule has 6 heteroatoms. The van der Waals surface area contributed by atoms with Gasteiger partial charge in [0.15, 0.2) is 0 Å². The van der Waals surface area contributed by atoms with Crippen molar-refractivity contribution in [1.29, 1.82) is 0 Å². The first-order valence-electron chi connectivity index (χ1n) is 9.71. The van der Waals surface area contributed by atoms with Gasteiger partial charge < -0.3 is 10.0 Å². The van der Waals surface area contributed by atoms with Crippen LogP contribution in [0.1, 0.15) is 28.3 Å². The van der Waals surface area contributed by atoms with Gasteiger partial charge in [0.25, 0.3) is 11.7 Å². The summed E-state index contributed by atoms with van der Waals surface area (Å²) in [7, 11) is 0. The molecule has 1 saturated heterocycles. The van der Waals surface area contributed by atoms with E-state index in [1.165, 1.54) is 35.2 Å². The van der Waals surface area contributed by atoms with Crippen LogP contribution >= 0.6 is 0 Å². The zero-order valence-corrected chi connectivity index (χ0v) is 16.7. The van der Waals surface area contributed by atoms with E-state index in [0.717, 1.165) is 0 Å². The summed E-state index contributed by atoms with van der Waals surface area (Å²) in [6.45, 7) is 1.61. The van der Waals surface area contributed by atoms with Crippen LogP contribution in [0.25, 0.3) is 5.76 Å². The number of Topliss-reactive ketones (excluding diaryl/α,β-unsaturated/α-hetero) is 1. The summed E-state index contributed by atoms with van der Waals surface area (Å²) in [5.74, 6) is -2.80. The molecule has 0 aromatic heterocycles. The Balaban J connectivity index is 1.85. The quantitative estimate of drug-likeness (QED) is 0.372. The number of carbonyl (C=O) groups excluding carboxylic acids is 2. The number of rotatable bonds is 4. The molecule has 1 N–H and O–H groups in total. The molecule has 1 aliphatic rings. The number of benzene rings is 3. The van der Waals surface area contributed by atoms with Crippen LogP contribution in [0, 0.1) is 18.6 Å². The number of likely N-dealkylation sites (tertiary alicyclic amines) is 1. The lowest BCUT2D eigenvalue weighted by molar-refractivity contribution is -0.140. The molecular weight excluding hydrogens is 400 g/mol. The summed E-state index contributed by atoms with van der Waals surface area (Å²) in [6.07, 6.45) is 0. The molecule has 1 aliphatic heterocycles. The summed E-state index contributed by atoms with van der Waals surface area (Å²) in [4.78, 5) is 27.2. The number of nitrogens with zero attached hydrogens (tertiary/aromatic N) is 1. The first kappa shape index (κ1) is 20.5. The van der Waals surface area contributed by atoms with Gasteiger partial charge in [0, 0.05) is 12.1 Å². The van der Waals surface area contributed by atoms with E-state index >= 15 is 0 Å². The Bertz CT molecular complexity index is 1190. The topological polar surface area (TPSA) is 57.6 Å². The maximum Gasteiger partial charge on any atom is 0.295 e. The Morgan fingerprint density at radius 1 is 0.968 bits per heavy atom. The number of amides is 1. The highest BCUT2D eigenvalue weighted by molar-refractivity contribution is 6.46. The fourth-order valence-corrected chi connectivity index (χ4v) is 3.76. The third kappa shape index (κ3) is 3.84. The Labute approximate surface area is 178 Å². The van der Waals surface area contributed by atoms with Gasteiger partial charge in [0.2, 0.25) is 0 Å². The largest absolute Gasteiger partial charge is 0.507 e. The molecule has 1 unspecified atom stereocenters. The highest BCUT2D eigenvalue weighted by Crippen LogP contribution is 2.40. The zero-order valence-electron chi connectivity index (χ0n) is 16.7. The van der Waals surface area contributed by atoms with Crippen molar-refractivity contribution in [3.05, 3.63) is 112 Å². The molecule has 0 spiro atoms. The second-order valence-electron chi connectivity index (χ2n) is 7.43. The van der Waals surface area contributed by atoms with Crippen LogP contribution in [-0.2, 0) is 16.1 Å². The highest BCUT2D eigenvalue weighted by Gasteiger charge is 2.46. The lowest BCUT2D eigenvalue weighted by Gasteiger charge is -2.25.